The number of methoxy groups -OCH3 is 2. The van der Waals surface area contributed by atoms with E-state index in [-0.39, 0.29) is 18.5 Å². The van der Waals surface area contributed by atoms with Crippen molar-refractivity contribution >= 4 is 33.1 Å². The van der Waals surface area contributed by atoms with Gasteiger partial charge in [-0.05, 0) is 101 Å². The molecule has 0 radical (unpaired) electrons. The van der Waals surface area contributed by atoms with E-state index >= 15 is 0 Å². The van der Waals surface area contributed by atoms with Gasteiger partial charge >= 0.3 is 11.9 Å². The highest BCUT2D eigenvalue weighted by atomic mass is 32.2. The third-order valence-electron chi connectivity index (χ3n) is 9.53. The average molecular weight is 706 g/mol. The van der Waals surface area contributed by atoms with Crippen molar-refractivity contribution in [3.8, 4) is 0 Å². The van der Waals surface area contributed by atoms with E-state index in [1.165, 1.54) is 19.8 Å². The van der Waals surface area contributed by atoms with Gasteiger partial charge in [0, 0.05) is 12.5 Å². The lowest BCUT2D eigenvalue weighted by atomic mass is 9.84. The van der Waals surface area contributed by atoms with Crippen LogP contribution < -0.4 is 0 Å². The molecule has 3 aromatic carbocycles. The van der Waals surface area contributed by atoms with E-state index in [1.807, 2.05) is 44.2 Å². The van der Waals surface area contributed by atoms with Gasteiger partial charge in [-0.25, -0.2) is 4.98 Å². The van der Waals surface area contributed by atoms with E-state index in [2.05, 4.69) is 56.5 Å². The summed E-state index contributed by atoms with van der Waals surface area (Å²) in [5.74, 6) is 1.15. The van der Waals surface area contributed by atoms with E-state index in [1.54, 1.807) is 13.8 Å². The van der Waals surface area contributed by atoms with Crippen LogP contribution >= 0.6 is 0 Å². The van der Waals surface area contributed by atoms with Crippen molar-refractivity contribution in [3.05, 3.63) is 101 Å². The number of carbonyl (C=O) groups excluding carboxylic acids is 2. The Kier molecular flexibility index (Phi) is 13.0. The number of esters is 2. The quantitative estimate of drug-likeness (QED) is 0.138. The molecule has 1 saturated heterocycles. The van der Waals surface area contributed by atoms with Crippen LogP contribution in [0.2, 0.25) is 0 Å². The van der Waals surface area contributed by atoms with Gasteiger partial charge in [0.1, 0.15) is 5.82 Å². The van der Waals surface area contributed by atoms with Crippen LogP contribution in [0.15, 0.2) is 72.8 Å². The summed E-state index contributed by atoms with van der Waals surface area (Å²) in [6.07, 6.45) is 4.83. The zero-order valence-electron chi connectivity index (χ0n) is 30.3. The van der Waals surface area contributed by atoms with Crippen LogP contribution in [0, 0.1) is 0 Å². The number of H-pyrrole nitrogens is 1. The van der Waals surface area contributed by atoms with Crippen molar-refractivity contribution in [2.75, 3.05) is 46.7 Å². The molecule has 11 heteroatoms. The van der Waals surface area contributed by atoms with Crippen molar-refractivity contribution in [2.24, 2.45) is 0 Å². The molecule has 1 aliphatic rings. The van der Waals surface area contributed by atoms with Gasteiger partial charge in [0.2, 0.25) is 0 Å². The van der Waals surface area contributed by atoms with Crippen molar-refractivity contribution in [2.45, 2.75) is 70.1 Å². The Morgan fingerprint density at radius 3 is 1.78 bits per heavy atom. The molecule has 0 amide bonds. The van der Waals surface area contributed by atoms with Gasteiger partial charge in [-0.1, -0.05) is 60.7 Å². The molecule has 2 heterocycles. The number of nitrogens with one attached hydrogen (secondary N) is 1. The van der Waals surface area contributed by atoms with Gasteiger partial charge in [-0.3, -0.25) is 13.8 Å². The number of hydrogen-bond acceptors (Lipinski definition) is 9. The molecule has 270 valence electrons. The van der Waals surface area contributed by atoms with E-state index < -0.39 is 20.9 Å². The van der Waals surface area contributed by atoms with Crippen molar-refractivity contribution < 1.29 is 31.7 Å². The van der Waals surface area contributed by atoms with Crippen molar-refractivity contribution in [1.29, 1.82) is 0 Å². The van der Waals surface area contributed by atoms with Gasteiger partial charge < -0.3 is 19.4 Å². The lowest BCUT2D eigenvalue weighted by molar-refractivity contribution is -0.147. The zero-order valence-corrected chi connectivity index (χ0v) is 31.1. The van der Waals surface area contributed by atoms with Crippen LogP contribution in [0.3, 0.4) is 0 Å². The highest BCUT2D eigenvalue weighted by Gasteiger charge is 2.31. The number of benzene rings is 3. The minimum atomic E-state index is -3.40. The Morgan fingerprint density at radius 1 is 0.800 bits per heavy atom. The van der Waals surface area contributed by atoms with Gasteiger partial charge in [0.15, 0.2) is 0 Å². The number of imidazole rings is 1. The molecule has 0 aliphatic carbocycles. The van der Waals surface area contributed by atoms with Gasteiger partial charge in [-0.2, -0.15) is 8.42 Å². The number of ether oxygens (including phenoxy) is 2. The largest absolute Gasteiger partial charge is 0.468 e. The number of nitrogens with zero attached hydrogens (tertiary/aromatic N) is 2. The number of likely N-dealkylation sites (tertiary alicyclic amines) is 1. The summed E-state index contributed by atoms with van der Waals surface area (Å²) in [4.78, 5) is 34.5. The molecule has 1 N–H and O–H groups in total. The van der Waals surface area contributed by atoms with Gasteiger partial charge in [0.05, 0.1) is 48.9 Å². The lowest BCUT2D eigenvalue weighted by Crippen LogP contribution is -2.34. The molecule has 1 aromatic heterocycles. The summed E-state index contributed by atoms with van der Waals surface area (Å²) in [5, 5.41) is 0. The first-order valence-corrected chi connectivity index (χ1v) is 18.8. The van der Waals surface area contributed by atoms with Crippen molar-refractivity contribution in [1.82, 2.24) is 14.9 Å². The molecule has 0 unspecified atom stereocenters. The molecule has 50 heavy (non-hydrogen) atoms. The number of piperidine rings is 1. The first-order valence-electron chi connectivity index (χ1n) is 17.0. The lowest BCUT2D eigenvalue weighted by Gasteiger charge is -2.31. The standard InChI is InChI=1S/C25H31N3O2.C14H20O5S/c1-25(2,24(29)30-3)20-10-8-18(9-11-20)12-15-28-16-13-19(14-17-28)23-26-21-6-4-5-7-22(21)27-23;1-14(2,13(15)18-3)12-7-5-11(6-8-12)9-10-19-20(4,16)17/h4-11,19H,12-17H2,1-3H3,(H,26,27);5-8H,9-10H2,1-4H3. The second-order valence-electron chi connectivity index (χ2n) is 13.9. The predicted octanol–water partition coefficient (Wildman–Crippen LogP) is 6.09. The molecular formula is C39H51N3O7S. The Bertz CT molecular complexity index is 1790. The summed E-state index contributed by atoms with van der Waals surface area (Å²) in [6, 6.07) is 24.0. The maximum Gasteiger partial charge on any atom is 0.315 e. The number of aromatic nitrogens is 2. The van der Waals surface area contributed by atoms with E-state index in [0.29, 0.717) is 12.3 Å². The maximum absolute atomic E-state index is 12.0. The smallest absolute Gasteiger partial charge is 0.315 e. The molecular weight excluding hydrogens is 655 g/mol. The van der Waals surface area contributed by atoms with Gasteiger partial charge in [-0.15, -0.1) is 0 Å². The second kappa shape index (κ2) is 16.8. The summed E-state index contributed by atoms with van der Waals surface area (Å²) in [5.41, 5.74) is 4.95. The minimum absolute atomic E-state index is 0.110. The van der Waals surface area contributed by atoms with Crippen LogP contribution in [0.25, 0.3) is 11.0 Å². The number of carbonyl (C=O) groups is 2. The van der Waals surface area contributed by atoms with E-state index in [9.17, 15) is 18.0 Å². The molecule has 10 nitrogen and oxygen atoms in total. The topological polar surface area (TPSA) is 128 Å². The van der Waals surface area contributed by atoms with E-state index in [0.717, 1.165) is 78.7 Å². The van der Waals surface area contributed by atoms with Crippen molar-refractivity contribution in [3.63, 3.8) is 0 Å². The fraction of sp³-hybridized carbons (Fsp3) is 0.462. The summed E-state index contributed by atoms with van der Waals surface area (Å²) in [6.45, 7) is 10.8. The highest BCUT2D eigenvalue weighted by Crippen LogP contribution is 2.29. The molecule has 1 fully saturated rings. The maximum atomic E-state index is 12.0. The Hall–Kier alpha value is -4.06. The first-order chi connectivity index (χ1) is 23.6. The van der Waals surface area contributed by atoms with Crippen LogP contribution in [0.4, 0.5) is 0 Å². The number of hydrogen-bond donors (Lipinski definition) is 1. The third-order valence-corrected chi connectivity index (χ3v) is 10.1. The highest BCUT2D eigenvalue weighted by molar-refractivity contribution is 7.85. The van der Waals surface area contributed by atoms with Crippen LogP contribution in [0.1, 0.15) is 74.5 Å². The number of para-hydroxylation sites is 2. The summed E-state index contributed by atoms with van der Waals surface area (Å²) < 4.78 is 36.1. The van der Waals surface area contributed by atoms with E-state index in [4.69, 9.17) is 14.5 Å². The molecule has 4 aromatic rings. The number of rotatable bonds is 12. The Morgan fingerprint density at radius 2 is 1.30 bits per heavy atom. The third kappa shape index (κ3) is 10.2. The van der Waals surface area contributed by atoms with Crippen LogP contribution in [0.5, 0.6) is 0 Å². The van der Waals surface area contributed by atoms with Crippen LogP contribution in [-0.4, -0.2) is 81.9 Å². The molecule has 0 atom stereocenters. The fourth-order valence-electron chi connectivity index (χ4n) is 6.12. The SMILES string of the molecule is COC(=O)C(C)(C)c1ccc(CCN2CCC(c3nc4ccccc4[nH]3)CC2)cc1.COC(=O)C(C)(C)c1ccc(CCOS(C)(=O)=O)cc1. The van der Waals surface area contributed by atoms with Crippen LogP contribution in [-0.2, 0) is 57.0 Å². The van der Waals surface area contributed by atoms with Gasteiger partial charge in [0.25, 0.3) is 10.1 Å². The fourth-order valence-corrected chi connectivity index (χ4v) is 6.50. The summed E-state index contributed by atoms with van der Waals surface area (Å²) >= 11 is 0. The molecule has 5 rings (SSSR count). The average Bonchev–Trinajstić information content (AvgIpc) is 3.55. The predicted molar refractivity (Wildman–Crippen MR) is 196 cm³/mol. The minimum Gasteiger partial charge on any atom is -0.468 e. The number of aromatic amines is 1. The Labute approximate surface area is 296 Å². The number of fused-ring (bicyclic) bond motifs is 1. The summed E-state index contributed by atoms with van der Waals surface area (Å²) in [7, 11) is -0.599. The molecule has 0 bridgehead atoms. The molecule has 1 aliphatic heterocycles. The first kappa shape index (κ1) is 38.7. The monoisotopic (exact) mass is 705 g/mol. The molecule has 0 saturated carbocycles. The normalized spacial score (nSPS) is 14.5. The zero-order chi connectivity index (χ0) is 36.5. The molecule has 0 spiro atoms. The Balaban J connectivity index is 0.000000246. The second-order valence-corrected chi connectivity index (χ2v) is 15.6.